The van der Waals surface area contributed by atoms with E-state index in [4.69, 9.17) is 4.74 Å². The molecule has 2 nitrogen and oxygen atoms in total. The zero-order valence-corrected chi connectivity index (χ0v) is 11.1. The Morgan fingerprint density at radius 1 is 1.29 bits per heavy atom. The van der Waals surface area contributed by atoms with Gasteiger partial charge in [0.25, 0.3) is 0 Å². The third-order valence-corrected chi connectivity index (χ3v) is 2.84. The average molecular weight is 239 g/mol. The number of rotatable bonds is 6. The highest BCUT2D eigenvalue weighted by Gasteiger charge is 2.15. The predicted octanol–water partition coefficient (Wildman–Crippen LogP) is 3.53. The highest BCUT2D eigenvalue weighted by atomic mass is 19.1. The molecular formula is C14H22FNO. The van der Waals surface area contributed by atoms with Crippen LogP contribution in [0.5, 0.6) is 5.75 Å². The summed E-state index contributed by atoms with van der Waals surface area (Å²) in [6.07, 6.45) is 1.08. The zero-order chi connectivity index (χ0) is 12.8. The van der Waals surface area contributed by atoms with Gasteiger partial charge in [-0.05, 0) is 37.9 Å². The Morgan fingerprint density at radius 2 is 2.00 bits per heavy atom. The van der Waals surface area contributed by atoms with Gasteiger partial charge in [0.15, 0.2) is 0 Å². The van der Waals surface area contributed by atoms with Crippen LogP contribution in [0.3, 0.4) is 0 Å². The maximum Gasteiger partial charge on any atom is 0.131 e. The van der Waals surface area contributed by atoms with Gasteiger partial charge in [0.05, 0.1) is 7.11 Å². The molecule has 1 aromatic rings. The molecule has 0 saturated carbocycles. The lowest BCUT2D eigenvalue weighted by Gasteiger charge is -2.18. The van der Waals surface area contributed by atoms with Gasteiger partial charge in [-0.15, -0.1) is 0 Å². The molecule has 0 bridgehead atoms. The maximum absolute atomic E-state index is 13.8. The van der Waals surface area contributed by atoms with Gasteiger partial charge in [-0.3, -0.25) is 0 Å². The van der Waals surface area contributed by atoms with Gasteiger partial charge in [0.2, 0.25) is 0 Å². The Balaban J connectivity index is 2.70. The Morgan fingerprint density at radius 3 is 2.59 bits per heavy atom. The molecular weight excluding hydrogens is 217 g/mol. The van der Waals surface area contributed by atoms with Gasteiger partial charge in [-0.2, -0.15) is 0 Å². The fraction of sp³-hybridized carbons (Fsp3) is 0.571. The van der Waals surface area contributed by atoms with Gasteiger partial charge in [-0.25, -0.2) is 4.39 Å². The third-order valence-electron chi connectivity index (χ3n) is 2.84. The second kappa shape index (κ2) is 6.60. The molecule has 0 amide bonds. The topological polar surface area (TPSA) is 21.3 Å². The van der Waals surface area contributed by atoms with Crippen molar-refractivity contribution in [2.45, 2.75) is 33.2 Å². The Kier molecular flexibility index (Phi) is 5.42. The van der Waals surface area contributed by atoms with Crippen LogP contribution in [-0.4, -0.2) is 13.7 Å². The van der Waals surface area contributed by atoms with Crippen molar-refractivity contribution in [2.24, 2.45) is 5.92 Å². The minimum atomic E-state index is -0.214. The van der Waals surface area contributed by atoms with E-state index in [0.29, 0.717) is 17.2 Å². The van der Waals surface area contributed by atoms with Crippen LogP contribution >= 0.6 is 0 Å². The summed E-state index contributed by atoms with van der Waals surface area (Å²) in [4.78, 5) is 0. The number of hydrogen-bond donors (Lipinski definition) is 1. The van der Waals surface area contributed by atoms with E-state index in [1.165, 1.54) is 6.07 Å². The first-order valence-corrected chi connectivity index (χ1v) is 6.12. The number of methoxy groups -OCH3 is 1. The van der Waals surface area contributed by atoms with Crippen LogP contribution in [-0.2, 0) is 0 Å². The van der Waals surface area contributed by atoms with Crippen molar-refractivity contribution in [3.05, 3.63) is 29.6 Å². The number of hydrogen-bond acceptors (Lipinski definition) is 2. The lowest BCUT2D eigenvalue weighted by Crippen LogP contribution is -2.22. The standard InChI is InChI=1S/C14H22FNO/c1-10(2)8-9-16-11(3)14-12(15)6-5-7-13(14)17-4/h5-7,10-11,16H,8-9H2,1-4H3. The molecule has 1 unspecified atom stereocenters. The van der Waals surface area contributed by atoms with Crippen molar-refractivity contribution in [3.63, 3.8) is 0 Å². The molecule has 0 saturated heterocycles. The fourth-order valence-corrected chi connectivity index (χ4v) is 1.81. The number of nitrogens with one attached hydrogen (secondary N) is 1. The van der Waals surface area contributed by atoms with Gasteiger partial charge in [0.1, 0.15) is 11.6 Å². The molecule has 3 heteroatoms. The van der Waals surface area contributed by atoms with Gasteiger partial charge in [0, 0.05) is 11.6 Å². The maximum atomic E-state index is 13.8. The second-order valence-corrected chi connectivity index (χ2v) is 4.71. The van der Waals surface area contributed by atoms with E-state index < -0.39 is 0 Å². The minimum absolute atomic E-state index is 0.0371. The third kappa shape index (κ3) is 4.00. The summed E-state index contributed by atoms with van der Waals surface area (Å²) < 4.78 is 18.9. The van der Waals surface area contributed by atoms with Crippen molar-refractivity contribution >= 4 is 0 Å². The van der Waals surface area contributed by atoms with E-state index in [1.54, 1.807) is 19.2 Å². The molecule has 96 valence electrons. The van der Waals surface area contributed by atoms with E-state index >= 15 is 0 Å². The van der Waals surface area contributed by atoms with Crippen LogP contribution in [0.1, 0.15) is 38.8 Å². The van der Waals surface area contributed by atoms with Crippen LogP contribution in [0.4, 0.5) is 4.39 Å². The van der Waals surface area contributed by atoms with Crippen LogP contribution in [0.25, 0.3) is 0 Å². The van der Waals surface area contributed by atoms with Gasteiger partial charge < -0.3 is 10.1 Å². The highest BCUT2D eigenvalue weighted by Crippen LogP contribution is 2.27. The first kappa shape index (κ1) is 14.0. The fourth-order valence-electron chi connectivity index (χ4n) is 1.81. The van der Waals surface area contributed by atoms with Crippen molar-refractivity contribution in [1.82, 2.24) is 5.32 Å². The first-order chi connectivity index (χ1) is 8.06. The van der Waals surface area contributed by atoms with E-state index in [2.05, 4.69) is 19.2 Å². The monoisotopic (exact) mass is 239 g/mol. The van der Waals surface area contributed by atoms with E-state index in [0.717, 1.165) is 13.0 Å². The van der Waals surface area contributed by atoms with Gasteiger partial charge >= 0.3 is 0 Å². The van der Waals surface area contributed by atoms with Crippen molar-refractivity contribution in [3.8, 4) is 5.75 Å². The van der Waals surface area contributed by atoms with E-state index in [1.807, 2.05) is 6.92 Å². The summed E-state index contributed by atoms with van der Waals surface area (Å²) in [7, 11) is 1.57. The van der Waals surface area contributed by atoms with Crippen LogP contribution in [0.15, 0.2) is 18.2 Å². The molecule has 0 radical (unpaired) electrons. The Bertz CT molecular complexity index is 352. The number of benzene rings is 1. The average Bonchev–Trinajstić information content (AvgIpc) is 2.27. The normalized spacial score (nSPS) is 12.8. The summed E-state index contributed by atoms with van der Waals surface area (Å²) in [6.45, 7) is 7.20. The number of ether oxygens (including phenoxy) is 1. The molecule has 0 aliphatic rings. The summed E-state index contributed by atoms with van der Waals surface area (Å²) in [5, 5.41) is 3.33. The summed E-state index contributed by atoms with van der Waals surface area (Å²) in [5.74, 6) is 1.04. The summed E-state index contributed by atoms with van der Waals surface area (Å²) in [6, 6.07) is 4.89. The minimum Gasteiger partial charge on any atom is -0.496 e. The van der Waals surface area contributed by atoms with E-state index in [-0.39, 0.29) is 11.9 Å². The lowest BCUT2D eigenvalue weighted by molar-refractivity contribution is 0.391. The molecule has 1 rings (SSSR count). The van der Waals surface area contributed by atoms with Crippen molar-refractivity contribution in [2.75, 3.05) is 13.7 Å². The molecule has 1 atom stereocenters. The molecule has 0 spiro atoms. The van der Waals surface area contributed by atoms with E-state index in [9.17, 15) is 4.39 Å². The Labute approximate surface area is 103 Å². The molecule has 0 aliphatic carbocycles. The molecule has 0 fully saturated rings. The van der Waals surface area contributed by atoms with Crippen molar-refractivity contribution < 1.29 is 9.13 Å². The highest BCUT2D eigenvalue weighted by molar-refractivity contribution is 5.36. The van der Waals surface area contributed by atoms with Crippen LogP contribution < -0.4 is 10.1 Å². The smallest absolute Gasteiger partial charge is 0.131 e. The summed E-state index contributed by atoms with van der Waals surface area (Å²) >= 11 is 0. The van der Waals surface area contributed by atoms with Gasteiger partial charge in [-0.1, -0.05) is 19.9 Å². The molecule has 1 N–H and O–H groups in total. The number of halogens is 1. The van der Waals surface area contributed by atoms with Crippen LogP contribution in [0.2, 0.25) is 0 Å². The van der Waals surface area contributed by atoms with Crippen molar-refractivity contribution in [1.29, 1.82) is 0 Å². The summed E-state index contributed by atoms with van der Waals surface area (Å²) in [5.41, 5.74) is 0.610. The molecule has 0 heterocycles. The molecule has 0 aromatic heterocycles. The molecule has 0 aliphatic heterocycles. The first-order valence-electron chi connectivity index (χ1n) is 6.12. The largest absolute Gasteiger partial charge is 0.496 e. The Hall–Kier alpha value is -1.09. The quantitative estimate of drug-likeness (QED) is 0.820. The SMILES string of the molecule is COc1cccc(F)c1C(C)NCCC(C)C. The molecule has 1 aromatic carbocycles. The molecule has 17 heavy (non-hydrogen) atoms. The van der Waals surface area contributed by atoms with Crippen LogP contribution in [0, 0.1) is 11.7 Å². The zero-order valence-electron chi connectivity index (χ0n) is 11.1. The lowest BCUT2D eigenvalue weighted by atomic mass is 10.1. The second-order valence-electron chi connectivity index (χ2n) is 4.71. The predicted molar refractivity (Wildman–Crippen MR) is 68.8 cm³/mol.